The van der Waals surface area contributed by atoms with Gasteiger partial charge in [-0.05, 0) is 42.8 Å². The van der Waals surface area contributed by atoms with Crippen molar-refractivity contribution in [2.24, 2.45) is 0 Å². The van der Waals surface area contributed by atoms with Gasteiger partial charge in [-0.15, -0.1) is 10.2 Å². The molecule has 5 nitrogen and oxygen atoms in total. The second-order valence-corrected chi connectivity index (χ2v) is 7.64. The molecule has 0 spiro atoms. The van der Waals surface area contributed by atoms with Gasteiger partial charge < -0.3 is 4.42 Å². The van der Waals surface area contributed by atoms with Crippen LogP contribution < -0.4 is 0 Å². The number of nitrogens with zero attached hydrogens (tertiary/aromatic N) is 4. The van der Waals surface area contributed by atoms with Crippen LogP contribution in [0.1, 0.15) is 30.0 Å². The summed E-state index contributed by atoms with van der Waals surface area (Å²) in [5.74, 6) is 0.482. The van der Waals surface area contributed by atoms with Gasteiger partial charge in [0.15, 0.2) is 0 Å². The van der Waals surface area contributed by atoms with Gasteiger partial charge in [0.1, 0.15) is 5.82 Å². The molecule has 1 aliphatic rings. The van der Waals surface area contributed by atoms with Crippen LogP contribution in [0, 0.1) is 5.82 Å². The minimum absolute atomic E-state index is 0.0996. The average Bonchev–Trinajstić information content (AvgIpc) is 3.24. The Morgan fingerprint density at radius 2 is 1.71 bits per heavy atom. The van der Waals surface area contributed by atoms with E-state index in [2.05, 4.69) is 20.0 Å². The Bertz CT molecular complexity index is 1010. The number of hydrogen-bond donors (Lipinski definition) is 0. The number of piperazine rings is 1. The van der Waals surface area contributed by atoms with Gasteiger partial charge in [-0.3, -0.25) is 9.80 Å². The van der Waals surface area contributed by atoms with E-state index in [9.17, 15) is 17.6 Å². The smallest absolute Gasteiger partial charge is 0.416 e. The normalized spacial score (nSPS) is 17.1. The lowest BCUT2D eigenvalue weighted by atomic mass is 10.1. The molecule has 1 fully saturated rings. The molecule has 1 atom stereocenters. The van der Waals surface area contributed by atoms with Gasteiger partial charge >= 0.3 is 6.18 Å². The van der Waals surface area contributed by atoms with Crippen LogP contribution in [0.25, 0.3) is 11.5 Å². The Hall–Kier alpha value is -2.78. The molecule has 0 amide bonds. The van der Waals surface area contributed by atoms with Crippen LogP contribution in [-0.2, 0) is 12.7 Å². The highest BCUT2D eigenvalue weighted by atomic mass is 19.4. The summed E-state index contributed by atoms with van der Waals surface area (Å²) in [6.45, 7) is 5.35. The van der Waals surface area contributed by atoms with E-state index < -0.39 is 11.7 Å². The summed E-state index contributed by atoms with van der Waals surface area (Å²) in [6, 6.07) is 11.2. The Morgan fingerprint density at radius 1 is 1.00 bits per heavy atom. The lowest BCUT2D eigenvalue weighted by molar-refractivity contribution is -0.137. The molecule has 1 aromatic heterocycles. The van der Waals surface area contributed by atoms with Crippen molar-refractivity contribution in [2.75, 3.05) is 26.2 Å². The van der Waals surface area contributed by atoms with Crippen molar-refractivity contribution < 1.29 is 22.0 Å². The van der Waals surface area contributed by atoms with E-state index in [0.717, 1.165) is 32.2 Å². The fourth-order valence-corrected chi connectivity index (χ4v) is 3.68. The molecule has 0 radical (unpaired) electrons. The highest BCUT2D eigenvalue weighted by Crippen LogP contribution is 2.30. The Balaban J connectivity index is 1.34. The third-order valence-electron chi connectivity index (χ3n) is 5.50. The van der Waals surface area contributed by atoms with Crippen molar-refractivity contribution >= 4 is 0 Å². The molecule has 0 saturated carbocycles. The average molecular weight is 434 g/mol. The molecule has 0 N–H and O–H groups in total. The zero-order valence-corrected chi connectivity index (χ0v) is 16.9. The van der Waals surface area contributed by atoms with Gasteiger partial charge in [0.25, 0.3) is 0 Å². The van der Waals surface area contributed by atoms with Crippen molar-refractivity contribution in [3.8, 4) is 11.5 Å². The molecule has 2 heterocycles. The van der Waals surface area contributed by atoms with Crippen molar-refractivity contribution in [1.82, 2.24) is 20.0 Å². The first kappa shape index (κ1) is 21.5. The Labute approximate surface area is 177 Å². The van der Waals surface area contributed by atoms with Gasteiger partial charge in [-0.2, -0.15) is 13.2 Å². The molecule has 31 heavy (non-hydrogen) atoms. The topological polar surface area (TPSA) is 45.4 Å². The van der Waals surface area contributed by atoms with Gasteiger partial charge in [-0.1, -0.05) is 18.2 Å². The maximum atomic E-state index is 13.1. The number of rotatable bonds is 5. The largest absolute Gasteiger partial charge is 0.419 e. The zero-order chi connectivity index (χ0) is 22.0. The molecule has 1 aliphatic heterocycles. The van der Waals surface area contributed by atoms with E-state index in [1.807, 2.05) is 6.92 Å². The summed E-state index contributed by atoms with van der Waals surface area (Å²) in [6.07, 6.45) is -4.33. The van der Waals surface area contributed by atoms with Crippen LogP contribution in [0.3, 0.4) is 0 Å². The molecular formula is C22H22F4N4O. The van der Waals surface area contributed by atoms with E-state index in [1.165, 1.54) is 24.3 Å². The molecule has 0 aliphatic carbocycles. The van der Waals surface area contributed by atoms with Crippen molar-refractivity contribution in [2.45, 2.75) is 25.7 Å². The molecule has 164 valence electrons. The van der Waals surface area contributed by atoms with E-state index in [0.29, 0.717) is 29.5 Å². The second-order valence-electron chi connectivity index (χ2n) is 7.64. The Morgan fingerprint density at radius 3 is 2.39 bits per heavy atom. The third kappa shape index (κ3) is 5.11. The summed E-state index contributed by atoms with van der Waals surface area (Å²) < 4.78 is 57.6. The van der Waals surface area contributed by atoms with Crippen molar-refractivity contribution in [1.29, 1.82) is 0 Å². The van der Waals surface area contributed by atoms with Crippen LogP contribution in [0.2, 0.25) is 0 Å². The third-order valence-corrected chi connectivity index (χ3v) is 5.50. The highest BCUT2D eigenvalue weighted by Gasteiger charge is 2.31. The maximum Gasteiger partial charge on any atom is 0.416 e. The summed E-state index contributed by atoms with van der Waals surface area (Å²) in [7, 11) is 0. The molecule has 4 rings (SSSR count). The van der Waals surface area contributed by atoms with Gasteiger partial charge in [0.05, 0.1) is 11.6 Å². The van der Waals surface area contributed by atoms with Crippen molar-refractivity contribution in [3.05, 3.63) is 71.4 Å². The van der Waals surface area contributed by atoms with Crippen LogP contribution in [0.4, 0.5) is 17.6 Å². The van der Waals surface area contributed by atoms with E-state index in [1.54, 1.807) is 18.2 Å². The molecule has 2 aromatic carbocycles. The number of benzene rings is 2. The second kappa shape index (κ2) is 8.76. The standard InChI is InChI=1S/C22H22F4N4O/c1-15(20-27-28-21(31-20)17-5-7-19(23)8-6-17)30-11-9-29(10-12-30)14-16-3-2-4-18(13-16)22(24,25)26/h2-8,13,15H,9-12,14H2,1H3/t15-/m1/s1. The number of hydrogen-bond acceptors (Lipinski definition) is 5. The van der Waals surface area contributed by atoms with Gasteiger partial charge in [0, 0.05) is 38.3 Å². The number of alkyl halides is 3. The number of aromatic nitrogens is 2. The van der Waals surface area contributed by atoms with E-state index in [-0.39, 0.29) is 11.9 Å². The van der Waals surface area contributed by atoms with Crippen LogP contribution in [0.5, 0.6) is 0 Å². The van der Waals surface area contributed by atoms with Gasteiger partial charge in [0.2, 0.25) is 11.8 Å². The fourth-order valence-electron chi connectivity index (χ4n) is 3.68. The van der Waals surface area contributed by atoms with Crippen LogP contribution in [0.15, 0.2) is 52.9 Å². The molecular weight excluding hydrogens is 412 g/mol. The lowest BCUT2D eigenvalue weighted by Gasteiger charge is -2.36. The summed E-state index contributed by atoms with van der Waals surface area (Å²) in [5.41, 5.74) is 0.682. The molecule has 0 unspecified atom stereocenters. The monoisotopic (exact) mass is 434 g/mol. The van der Waals surface area contributed by atoms with E-state index in [4.69, 9.17) is 4.42 Å². The first-order valence-electron chi connectivity index (χ1n) is 10.0. The first-order chi connectivity index (χ1) is 14.8. The fraction of sp³-hybridized carbons (Fsp3) is 0.364. The number of halogens is 4. The summed E-state index contributed by atoms with van der Waals surface area (Å²) >= 11 is 0. The lowest BCUT2D eigenvalue weighted by Crippen LogP contribution is -2.46. The molecule has 3 aromatic rings. The van der Waals surface area contributed by atoms with E-state index >= 15 is 0 Å². The van der Waals surface area contributed by atoms with Crippen LogP contribution >= 0.6 is 0 Å². The summed E-state index contributed by atoms with van der Waals surface area (Å²) in [4.78, 5) is 4.33. The van der Waals surface area contributed by atoms with Crippen molar-refractivity contribution in [3.63, 3.8) is 0 Å². The Kier molecular flexibility index (Phi) is 6.06. The predicted molar refractivity (Wildman–Crippen MR) is 106 cm³/mol. The quantitative estimate of drug-likeness (QED) is 0.541. The SMILES string of the molecule is C[C@H](c1nnc(-c2ccc(F)cc2)o1)N1CCN(Cc2cccc(C(F)(F)F)c2)CC1. The molecule has 9 heteroatoms. The minimum atomic E-state index is -4.33. The van der Waals surface area contributed by atoms with Crippen LogP contribution in [-0.4, -0.2) is 46.2 Å². The molecule has 0 bridgehead atoms. The highest BCUT2D eigenvalue weighted by molar-refractivity contribution is 5.52. The predicted octanol–water partition coefficient (Wildman–Crippen LogP) is 4.77. The first-order valence-corrected chi connectivity index (χ1v) is 10.0. The minimum Gasteiger partial charge on any atom is -0.419 e. The van der Waals surface area contributed by atoms with Gasteiger partial charge in [-0.25, -0.2) is 4.39 Å². The maximum absolute atomic E-state index is 13.1. The molecule has 1 saturated heterocycles. The summed E-state index contributed by atoms with van der Waals surface area (Å²) in [5, 5.41) is 8.20. The zero-order valence-electron chi connectivity index (χ0n) is 16.9.